The zero-order valence-corrected chi connectivity index (χ0v) is 27.9. The Labute approximate surface area is 287 Å². The molecule has 0 bridgehead atoms. The second kappa shape index (κ2) is 14.7. The van der Waals surface area contributed by atoms with Gasteiger partial charge in [0.1, 0.15) is 12.6 Å². The van der Waals surface area contributed by atoms with Crippen molar-refractivity contribution in [3.8, 4) is 11.1 Å². The van der Waals surface area contributed by atoms with Crippen LogP contribution in [0.2, 0.25) is 0 Å². The van der Waals surface area contributed by atoms with Gasteiger partial charge in [0, 0.05) is 24.2 Å². The highest BCUT2D eigenvalue weighted by molar-refractivity contribution is 6.03. The van der Waals surface area contributed by atoms with Crippen molar-refractivity contribution < 1.29 is 19.1 Å². The Morgan fingerprint density at radius 2 is 1.57 bits per heavy atom. The summed E-state index contributed by atoms with van der Waals surface area (Å²) >= 11 is 0. The van der Waals surface area contributed by atoms with E-state index >= 15 is 0 Å². The summed E-state index contributed by atoms with van der Waals surface area (Å²) in [6.45, 7) is 4.43. The van der Waals surface area contributed by atoms with E-state index in [-0.39, 0.29) is 24.8 Å². The molecule has 6 rings (SSSR count). The fraction of sp³-hybridized carbons (Fsp3) is 0.244. The van der Waals surface area contributed by atoms with Gasteiger partial charge >= 0.3 is 6.09 Å². The summed E-state index contributed by atoms with van der Waals surface area (Å²) in [4.78, 5) is 42.1. The van der Waals surface area contributed by atoms with Crippen LogP contribution in [0.3, 0.4) is 0 Å². The minimum Gasteiger partial charge on any atom is -0.445 e. The first-order valence-corrected chi connectivity index (χ1v) is 16.7. The molecule has 0 spiro atoms. The number of nitrogens with two attached hydrogens (primary N) is 1. The number of nitrogens with one attached hydrogen (secondary N) is 2. The Hall–Kier alpha value is -5.47. The normalized spacial score (nSPS) is 14.6. The minimum absolute atomic E-state index is 0.0289. The van der Waals surface area contributed by atoms with Gasteiger partial charge in [0.15, 0.2) is 0 Å². The molecule has 1 atom stereocenters. The second-order valence-corrected chi connectivity index (χ2v) is 13.2. The maximum absolute atomic E-state index is 14.3. The molecule has 1 heterocycles. The van der Waals surface area contributed by atoms with Gasteiger partial charge in [-0.05, 0) is 76.9 Å². The number of rotatable bonds is 10. The molecule has 0 fully saturated rings. The van der Waals surface area contributed by atoms with Gasteiger partial charge < -0.3 is 26.0 Å². The first-order chi connectivity index (χ1) is 23.7. The Bertz CT molecular complexity index is 1960. The van der Waals surface area contributed by atoms with Crippen molar-refractivity contribution in [1.29, 1.82) is 0 Å². The summed E-state index contributed by atoms with van der Waals surface area (Å²) in [6, 6.07) is 37.2. The number of amides is 3. The largest absolute Gasteiger partial charge is 0.445 e. The quantitative estimate of drug-likeness (QED) is 0.150. The van der Waals surface area contributed by atoms with Gasteiger partial charge in [0.25, 0.3) is 0 Å². The van der Waals surface area contributed by atoms with Gasteiger partial charge in [-0.15, -0.1) is 0 Å². The van der Waals surface area contributed by atoms with E-state index in [1.54, 1.807) is 18.7 Å². The predicted molar refractivity (Wildman–Crippen MR) is 194 cm³/mol. The van der Waals surface area contributed by atoms with E-state index in [0.717, 1.165) is 49.8 Å². The lowest BCUT2D eigenvalue weighted by molar-refractivity contribution is -0.128. The minimum atomic E-state index is -0.908. The summed E-state index contributed by atoms with van der Waals surface area (Å²) in [5, 5.41) is 7.99. The summed E-state index contributed by atoms with van der Waals surface area (Å²) in [5.41, 5.74) is 12.1. The van der Waals surface area contributed by atoms with Crippen molar-refractivity contribution in [1.82, 2.24) is 10.6 Å². The molecule has 3 amide bonds. The molecular formula is C41H42N4O4. The van der Waals surface area contributed by atoms with Gasteiger partial charge in [0.05, 0.1) is 6.54 Å². The Morgan fingerprint density at radius 1 is 0.857 bits per heavy atom. The van der Waals surface area contributed by atoms with Crippen LogP contribution in [0.25, 0.3) is 21.9 Å². The molecule has 0 radical (unpaired) electrons. The number of carbonyl (C=O) groups is 3. The SMILES string of the molecule is CC(C)(CC(=O)N[C@@H]1CCc2c(ccc3ccccc23)N(Cc2ccc(-c3ccccc3CN)cc2)C1=O)NC(=O)OCc1ccccc1. The molecule has 5 aromatic carbocycles. The summed E-state index contributed by atoms with van der Waals surface area (Å²) in [5.74, 6) is -0.502. The number of fused-ring (bicyclic) bond motifs is 3. The first-order valence-electron chi connectivity index (χ1n) is 16.7. The van der Waals surface area contributed by atoms with Crippen molar-refractivity contribution in [2.45, 2.75) is 64.4 Å². The number of ether oxygens (including phenoxy) is 1. The fourth-order valence-corrected chi connectivity index (χ4v) is 6.53. The summed E-state index contributed by atoms with van der Waals surface area (Å²) < 4.78 is 5.37. The molecule has 0 saturated carbocycles. The second-order valence-electron chi connectivity index (χ2n) is 13.2. The zero-order valence-electron chi connectivity index (χ0n) is 27.9. The lowest BCUT2D eigenvalue weighted by Crippen LogP contribution is -2.51. The van der Waals surface area contributed by atoms with E-state index in [0.29, 0.717) is 25.9 Å². The van der Waals surface area contributed by atoms with E-state index in [4.69, 9.17) is 10.5 Å². The van der Waals surface area contributed by atoms with Crippen LogP contribution in [0.15, 0.2) is 115 Å². The average Bonchev–Trinajstić information content (AvgIpc) is 3.23. The molecule has 8 heteroatoms. The highest BCUT2D eigenvalue weighted by Crippen LogP contribution is 2.35. The van der Waals surface area contributed by atoms with E-state index in [1.807, 2.05) is 84.9 Å². The Balaban J connectivity index is 1.19. The molecular weight excluding hydrogens is 612 g/mol. The third-order valence-corrected chi connectivity index (χ3v) is 8.99. The van der Waals surface area contributed by atoms with Crippen molar-refractivity contribution in [3.63, 3.8) is 0 Å². The number of hydrogen-bond acceptors (Lipinski definition) is 5. The number of aryl methyl sites for hydroxylation is 1. The van der Waals surface area contributed by atoms with Gasteiger partial charge in [-0.2, -0.15) is 0 Å². The molecule has 0 aliphatic carbocycles. The van der Waals surface area contributed by atoms with Crippen LogP contribution >= 0.6 is 0 Å². The molecule has 0 unspecified atom stereocenters. The molecule has 49 heavy (non-hydrogen) atoms. The fourth-order valence-electron chi connectivity index (χ4n) is 6.53. The maximum Gasteiger partial charge on any atom is 0.407 e. The molecule has 1 aliphatic heterocycles. The number of alkyl carbamates (subject to hydrolysis) is 1. The van der Waals surface area contributed by atoms with Crippen molar-refractivity contribution >= 4 is 34.4 Å². The molecule has 0 aromatic heterocycles. The van der Waals surface area contributed by atoms with Crippen LogP contribution in [0.1, 0.15) is 48.9 Å². The van der Waals surface area contributed by atoms with Crippen molar-refractivity contribution in [2.24, 2.45) is 5.73 Å². The van der Waals surface area contributed by atoms with Crippen LogP contribution in [0.4, 0.5) is 10.5 Å². The molecule has 250 valence electrons. The summed E-state index contributed by atoms with van der Waals surface area (Å²) in [6.07, 6.45) is 0.424. The van der Waals surface area contributed by atoms with E-state index < -0.39 is 17.7 Å². The Kier molecular flexibility index (Phi) is 10.1. The third kappa shape index (κ3) is 7.99. The van der Waals surface area contributed by atoms with Crippen LogP contribution in [-0.4, -0.2) is 29.5 Å². The highest BCUT2D eigenvalue weighted by Gasteiger charge is 2.34. The van der Waals surface area contributed by atoms with Crippen molar-refractivity contribution in [2.75, 3.05) is 4.90 Å². The zero-order chi connectivity index (χ0) is 34.4. The number of carbonyl (C=O) groups excluding carboxylic acids is 3. The topological polar surface area (TPSA) is 114 Å². The molecule has 4 N–H and O–H groups in total. The molecule has 0 saturated heterocycles. The van der Waals surface area contributed by atoms with Crippen molar-refractivity contribution in [3.05, 3.63) is 138 Å². The van der Waals surface area contributed by atoms with Gasteiger partial charge in [-0.1, -0.05) is 109 Å². The van der Waals surface area contributed by atoms with E-state index in [9.17, 15) is 14.4 Å². The van der Waals surface area contributed by atoms with Crippen LogP contribution in [0.5, 0.6) is 0 Å². The number of nitrogens with zero attached hydrogens (tertiary/aromatic N) is 1. The lowest BCUT2D eigenvalue weighted by Gasteiger charge is -2.29. The monoisotopic (exact) mass is 654 g/mol. The maximum atomic E-state index is 14.3. The number of hydrogen-bond donors (Lipinski definition) is 3. The average molecular weight is 655 g/mol. The Morgan fingerprint density at radius 3 is 2.35 bits per heavy atom. The van der Waals surface area contributed by atoms with Gasteiger partial charge in [-0.3, -0.25) is 9.59 Å². The summed E-state index contributed by atoms with van der Waals surface area (Å²) in [7, 11) is 0. The van der Waals surface area contributed by atoms with E-state index in [1.165, 1.54) is 0 Å². The number of anilines is 1. The van der Waals surface area contributed by atoms with E-state index in [2.05, 4.69) is 41.0 Å². The third-order valence-electron chi connectivity index (χ3n) is 8.99. The smallest absolute Gasteiger partial charge is 0.407 e. The first kappa shape index (κ1) is 33.4. The van der Waals surface area contributed by atoms with Gasteiger partial charge in [0.2, 0.25) is 11.8 Å². The van der Waals surface area contributed by atoms with Crippen LogP contribution < -0.4 is 21.3 Å². The lowest BCUT2D eigenvalue weighted by atomic mass is 9.97. The highest BCUT2D eigenvalue weighted by atomic mass is 16.5. The number of benzene rings is 5. The van der Waals surface area contributed by atoms with Crippen LogP contribution in [0, 0.1) is 0 Å². The molecule has 5 aromatic rings. The van der Waals surface area contributed by atoms with Crippen LogP contribution in [-0.2, 0) is 40.4 Å². The van der Waals surface area contributed by atoms with Gasteiger partial charge in [-0.25, -0.2) is 4.79 Å². The standard InChI is InChI=1S/C41H42N4O4/c1-41(2,44-40(48)49-27-29-10-4-3-5-11-29)24-38(46)43-36-22-21-35-34-15-9-6-12-30(34)20-23-37(35)45(39(36)47)26-28-16-18-31(19-17-28)33-14-8-7-13-32(33)25-42/h3-20,23,36H,21-22,24-27,42H2,1-2H3,(H,43,46)(H,44,48)/t36-/m1/s1. The molecule has 8 nitrogen and oxygen atoms in total. The predicted octanol–water partition coefficient (Wildman–Crippen LogP) is 7.02. The molecule has 1 aliphatic rings.